The SMILES string of the molecule is C=CCCNC(=O)c1c(C)oc2nc[nH]c(=O)c12. The van der Waals surface area contributed by atoms with Crippen LogP contribution in [0.1, 0.15) is 22.5 Å². The summed E-state index contributed by atoms with van der Waals surface area (Å²) in [4.78, 5) is 30.0. The summed E-state index contributed by atoms with van der Waals surface area (Å²) in [7, 11) is 0. The monoisotopic (exact) mass is 247 g/mol. The second kappa shape index (κ2) is 4.87. The van der Waals surface area contributed by atoms with Crippen LogP contribution in [0.2, 0.25) is 0 Å². The molecule has 0 radical (unpaired) electrons. The lowest BCUT2D eigenvalue weighted by atomic mass is 10.2. The highest BCUT2D eigenvalue weighted by molar-refractivity contribution is 6.06. The van der Waals surface area contributed by atoms with Gasteiger partial charge < -0.3 is 14.7 Å². The fourth-order valence-corrected chi connectivity index (χ4v) is 1.70. The lowest BCUT2D eigenvalue weighted by molar-refractivity contribution is 0.0954. The zero-order chi connectivity index (χ0) is 13.1. The van der Waals surface area contributed by atoms with Crippen LogP contribution >= 0.6 is 0 Å². The number of amides is 1. The first-order valence-electron chi connectivity index (χ1n) is 5.51. The van der Waals surface area contributed by atoms with E-state index in [1.165, 1.54) is 6.33 Å². The maximum atomic E-state index is 12.0. The average Bonchev–Trinajstić information content (AvgIpc) is 2.67. The molecule has 0 aromatic carbocycles. The van der Waals surface area contributed by atoms with Crippen molar-refractivity contribution in [2.45, 2.75) is 13.3 Å². The summed E-state index contributed by atoms with van der Waals surface area (Å²) in [6.07, 6.45) is 3.61. The van der Waals surface area contributed by atoms with Gasteiger partial charge in [0, 0.05) is 6.54 Å². The van der Waals surface area contributed by atoms with E-state index in [0.29, 0.717) is 18.7 Å². The minimum atomic E-state index is -0.384. The number of aromatic amines is 1. The van der Waals surface area contributed by atoms with Crippen molar-refractivity contribution in [2.24, 2.45) is 0 Å². The van der Waals surface area contributed by atoms with Gasteiger partial charge in [-0.3, -0.25) is 9.59 Å². The van der Waals surface area contributed by atoms with Gasteiger partial charge in [0.25, 0.3) is 11.5 Å². The van der Waals surface area contributed by atoms with Crippen LogP contribution in [0.3, 0.4) is 0 Å². The zero-order valence-corrected chi connectivity index (χ0v) is 9.95. The van der Waals surface area contributed by atoms with Gasteiger partial charge in [-0.25, -0.2) is 4.98 Å². The molecule has 0 spiro atoms. The summed E-state index contributed by atoms with van der Waals surface area (Å²) in [5.74, 6) is 0.0388. The van der Waals surface area contributed by atoms with Gasteiger partial charge >= 0.3 is 0 Å². The molecule has 94 valence electrons. The Morgan fingerprint density at radius 3 is 3.17 bits per heavy atom. The van der Waals surface area contributed by atoms with Crippen LogP contribution in [0, 0.1) is 6.92 Å². The molecular weight excluding hydrogens is 234 g/mol. The van der Waals surface area contributed by atoms with E-state index in [0.717, 1.165) is 0 Å². The van der Waals surface area contributed by atoms with Crippen molar-refractivity contribution >= 4 is 17.0 Å². The van der Waals surface area contributed by atoms with Crippen LogP contribution in [0.5, 0.6) is 0 Å². The van der Waals surface area contributed by atoms with Crippen LogP contribution in [0.4, 0.5) is 0 Å². The van der Waals surface area contributed by atoms with Crippen molar-refractivity contribution in [3.05, 3.63) is 40.7 Å². The van der Waals surface area contributed by atoms with E-state index in [9.17, 15) is 9.59 Å². The third-order valence-electron chi connectivity index (χ3n) is 2.53. The van der Waals surface area contributed by atoms with Crippen molar-refractivity contribution < 1.29 is 9.21 Å². The molecule has 2 N–H and O–H groups in total. The zero-order valence-electron chi connectivity index (χ0n) is 9.95. The number of nitrogens with zero attached hydrogens (tertiary/aromatic N) is 1. The first-order chi connectivity index (χ1) is 8.65. The molecule has 18 heavy (non-hydrogen) atoms. The molecule has 2 aromatic rings. The molecule has 2 aromatic heterocycles. The Kier molecular flexibility index (Phi) is 3.27. The van der Waals surface area contributed by atoms with Crippen LogP contribution < -0.4 is 10.9 Å². The third-order valence-corrected chi connectivity index (χ3v) is 2.53. The van der Waals surface area contributed by atoms with Gasteiger partial charge in [-0.05, 0) is 13.3 Å². The number of fused-ring (bicyclic) bond motifs is 1. The highest BCUT2D eigenvalue weighted by atomic mass is 16.3. The van der Waals surface area contributed by atoms with Crippen LogP contribution in [0.15, 0.2) is 28.2 Å². The number of hydrogen-bond donors (Lipinski definition) is 2. The number of nitrogens with one attached hydrogen (secondary N) is 2. The molecule has 2 rings (SSSR count). The molecule has 0 saturated carbocycles. The second-order valence-electron chi connectivity index (χ2n) is 3.78. The predicted molar refractivity (Wildman–Crippen MR) is 66.5 cm³/mol. The minimum Gasteiger partial charge on any atom is -0.442 e. The van der Waals surface area contributed by atoms with Crippen molar-refractivity contribution in [2.75, 3.05) is 6.54 Å². The molecule has 0 atom stereocenters. The third kappa shape index (κ3) is 2.04. The number of H-pyrrole nitrogens is 1. The van der Waals surface area contributed by atoms with Crippen molar-refractivity contribution in [3.8, 4) is 0 Å². The van der Waals surface area contributed by atoms with E-state index >= 15 is 0 Å². The molecule has 0 bridgehead atoms. The first-order valence-corrected chi connectivity index (χ1v) is 5.51. The van der Waals surface area contributed by atoms with Gasteiger partial charge in [0.15, 0.2) is 0 Å². The fraction of sp³-hybridized carbons (Fsp3) is 0.250. The lowest BCUT2D eigenvalue weighted by Crippen LogP contribution is -2.25. The summed E-state index contributed by atoms with van der Waals surface area (Å²) in [6.45, 7) is 5.66. The molecule has 0 aliphatic carbocycles. The van der Waals surface area contributed by atoms with E-state index in [-0.39, 0.29) is 28.1 Å². The molecule has 2 heterocycles. The molecule has 0 aliphatic heterocycles. The van der Waals surface area contributed by atoms with Crippen LogP contribution in [0.25, 0.3) is 11.1 Å². The van der Waals surface area contributed by atoms with Gasteiger partial charge in [0.2, 0.25) is 5.71 Å². The van der Waals surface area contributed by atoms with Gasteiger partial charge in [-0.1, -0.05) is 6.08 Å². The predicted octanol–water partition coefficient (Wildman–Crippen LogP) is 1.13. The maximum Gasteiger partial charge on any atom is 0.262 e. The molecule has 0 fully saturated rings. The van der Waals surface area contributed by atoms with Crippen molar-refractivity contribution in [1.82, 2.24) is 15.3 Å². The van der Waals surface area contributed by atoms with E-state index in [1.54, 1.807) is 13.0 Å². The molecule has 0 aliphatic rings. The van der Waals surface area contributed by atoms with E-state index in [4.69, 9.17) is 4.42 Å². The van der Waals surface area contributed by atoms with E-state index < -0.39 is 0 Å². The molecule has 1 amide bonds. The molecule has 0 saturated heterocycles. The van der Waals surface area contributed by atoms with Crippen LogP contribution in [-0.4, -0.2) is 22.4 Å². The van der Waals surface area contributed by atoms with E-state index in [2.05, 4.69) is 21.9 Å². The number of carbonyl (C=O) groups is 1. The maximum absolute atomic E-state index is 12.0. The molecular formula is C12H13N3O3. The summed E-state index contributed by atoms with van der Waals surface area (Å²) >= 11 is 0. The quantitative estimate of drug-likeness (QED) is 0.626. The number of carbonyl (C=O) groups excluding carboxylic acids is 1. The fourth-order valence-electron chi connectivity index (χ4n) is 1.70. The lowest BCUT2D eigenvalue weighted by Gasteiger charge is -2.01. The number of hydrogen-bond acceptors (Lipinski definition) is 4. The highest BCUT2D eigenvalue weighted by Gasteiger charge is 2.20. The summed E-state index contributed by atoms with van der Waals surface area (Å²) < 4.78 is 5.30. The molecule has 6 nitrogen and oxygen atoms in total. The Bertz CT molecular complexity index is 654. The average molecular weight is 247 g/mol. The Balaban J connectivity index is 2.43. The minimum absolute atomic E-state index is 0.171. The number of rotatable bonds is 4. The molecule has 0 unspecified atom stereocenters. The van der Waals surface area contributed by atoms with Gasteiger partial charge in [0.1, 0.15) is 11.1 Å². The largest absolute Gasteiger partial charge is 0.442 e. The number of aromatic nitrogens is 2. The standard InChI is InChI=1S/C12H13N3O3/c1-3-4-5-13-10(16)8-7(2)18-12-9(8)11(17)14-6-15-12/h3,6H,1,4-5H2,2H3,(H,13,16)(H,14,15,17). The van der Waals surface area contributed by atoms with Crippen molar-refractivity contribution in [3.63, 3.8) is 0 Å². The summed E-state index contributed by atoms with van der Waals surface area (Å²) in [5.41, 5.74) is 0.0271. The van der Waals surface area contributed by atoms with Crippen LogP contribution in [-0.2, 0) is 0 Å². The van der Waals surface area contributed by atoms with Gasteiger partial charge in [-0.15, -0.1) is 6.58 Å². The Labute approximate surface area is 103 Å². The van der Waals surface area contributed by atoms with Gasteiger partial charge in [0.05, 0.1) is 11.9 Å². The van der Waals surface area contributed by atoms with E-state index in [1.807, 2.05) is 0 Å². The summed E-state index contributed by atoms with van der Waals surface area (Å²) in [5, 5.41) is 2.88. The topological polar surface area (TPSA) is 88.0 Å². The molecule has 6 heteroatoms. The number of furan rings is 1. The normalized spacial score (nSPS) is 10.5. The Hall–Kier alpha value is -2.37. The first kappa shape index (κ1) is 12.1. The van der Waals surface area contributed by atoms with Crippen molar-refractivity contribution in [1.29, 1.82) is 0 Å². The second-order valence-corrected chi connectivity index (χ2v) is 3.78. The number of aryl methyl sites for hydroxylation is 1. The summed E-state index contributed by atoms with van der Waals surface area (Å²) in [6, 6.07) is 0. The Morgan fingerprint density at radius 2 is 2.44 bits per heavy atom. The smallest absolute Gasteiger partial charge is 0.262 e. The van der Waals surface area contributed by atoms with Gasteiger partial charge in [-0.2, -0.15) is 0 Å². The highest BCUT2D eigenvalue weighted by Crippen LogP contribution is 2.19. The Morgan fingerprint density at radius 1 is 1.67 bits per heavy atom.